The van der Waals surface area contributed by atoms with Crippen LogP contribution in [-0.2, 0) is 14.8 Å². The number of methoxy groups -OCH3 is 1. The second kappa shape index (κ2) is 9.95. The molecule has 30 heavy (non-hydrogen) atoms. The zero-order valence-corrected chi connectivity index (χ0v) is 18.1. The molecule has 8 heteroatoms. The Labute approximate surface area is 177 Å². The quantitative estimate of drug-likeness (QED) is 0.664. The molecule has 1 aliphatic rings. The molecule has 2 N–H and O–H groups in total. The Morgan fingerprint density at radius 1 is 1.07 bits per heavy atom. The maximum absolute atomic E-state index is 12.7. The maximum atomic E-state index is 12.7. The van der Waals surface area contributed by atoms with Crippen LogP contribution in [0.2, 0.25) is 0 Å². The van der Waals surface area contributed by atoms with Crippen LogP contribution in [0.25, 0.3) is 0 Å². The summed E-state index contributed by atoms with van der Waals surface area (Å²) in [6.07, 6.45) is 5.02. The summed E-state index contributed by atoms with van der Waals surface area (Å²) < 4.78 is 38.9. The van der Waals surface area contributed by atoms with Crippen molar-refractivity contribution in [3.63, 3.8) is 0 Å². The Bertz CT molecular complexity index is 985. The Hall–Kier alpha value is -2.58. The van der Waals surface area contributed by atoms with Gasteiger partial charge in [0.05, 0.1) is 17.7 Å². The smallest absolute Gasteiger partial charge is 0.262 e. The van der Waals surface area contributed by atoms with E-state index in [4.69, 9.17) is 9.47 Å². The molecule has 0 aliphatic heterocycles. The number of nitrogens with one attached hydrogen (secondary N) is 2. The van der Waals surface area contributed by atoms with Crippen molar-refractivity contribution in [3.05, 3.63) is 48.0 Å². The molecule has 7 nitrogen and oxygen atoms in total. The Morgan fingerprint density at radius 2 is 1.80 bits per heavy atom. The Kier molecular flexibility index (Phi) is 7.33. The second-order valence-electron chi connectivity index (χ2n) is 7.42. The Morgan fingerprint density at radius 3 is 2.50 bits per heavy atom. The van der Waals surface area contributed by atoms with Gasteiger partial charge in [-0.05, 0) is 55.7 Å². The van der Waals surface area contributed by atoms with Gasteiger partial charge in [-0.25, -0.2) is 13.1 Å². The Balaban J connectivity index is 1.60. The predicted molar refractivity (Wildman–Crippen MR) is 115 cm³/mol. The van der Waals surface area contributed by atoms with Crippen molar-refractivity contribution >= 4 is 21.6 Å². The predicted octanol–water partition coefficient (Wildman–Crippen LogP) is 3.63. The van der Waals surface area contributed by atoms with E-state index in [1.807, 2.05) is 6.07 Å². The maximum Gasteiger partial charge on any atom is 0.262 e. The number of hydrogen-bond donors (Lipinski definition) is 2. The summed E-state index contributed by atoms with van der Waals surface area (Å²) in [5, 5.41) is 2.74. The fraction of sp³-hybridized carbons (Fsp3) is 0.409. The zero-order chi connectivity index (χ0) is 21.6. The second-order valence-corrected chi connectivity index (χ2v) is 9.13. The molecule has 0 saturated heterocycles. The standard InChI is InChI=1S/C22H28N2O5S/c1-16-14-18(30(26,27)24-17-8-4-3-5-9-17)12-13-20(16)29-15-22(25)23-19-10-6-7-11-21(19)28-2/h6-7,10-14,17,24H,3-5,8-9,15H2,1-2H3,(H,23,25). The van der Waals surface area contributed by atoms with Crippen LogP contribution in [0.3, 0.4) is 0 Å². The third-order valence-corrected chi connectivity index (χ3v) is 6.64. The van der Waals surface area contributed by atoms with Crippen LogP contribution in [0.1, 0.15) is 37.7 Å². The van der Waals surface area contributed by atoms with E-state index in [9.17, 15) is 13.2 Å². The number of aryl methyl sites for hydroxylation is 1. The molecular formula is C22H28N2O5S. The summed E-state index contributed by atoms with van der Waals surface area (Å²) in [6.45, 7) is 1.55. The van der Waals surface area contributed by atoms with Crippen molar-refractivity contribution in [2.75, 3.05) is 19.0 Å². The topological polar surface area (TPSA) is 93.7 Å². The number of para-hydroxylation sites is 2. The van der Waals surface area contributed by atoms with Crippen LogP contribution in [0.5, 0.6) is 11.5 Å². The first-order valence-corrected chi connectivity index (χ1v) is 11.6. The van der Waals surface area contributed by atoms with Crippen LogP contribution < -0.4 is 19.5 Å². The molecule has 2 aromatic carbocycles. The first-order valence-electron chi connectivity index (χ1n) is 10.1. The van der Waals surface area contributed by atoms with Gasteiger partial charge in [-0.3, -0.25) is 4.79 Å². The van der Waals surface area contributed by atoms with Crippen molar-refractivity contribution in [3.8, 4) is 11.5 Å². The number of sulfonamides is 1. The third-order valence-electron chi connectivity index (χ3n) is 5.12. The molecule has 0 heterocycles. The zero-order valence-electron chi connectivity index (χ0n) is 17.3. The van der Waals surface area contributed by atoms with Crippen LogP contribution in [0.4, 0.5) is 5.69 Å². The lowest BCUT2D eigenvalue weighted by Crippen LogP contribution is -2.36. The molecule has 0 unspecified atom stereocenters. The van der Waals surface area contributed by atoms with Gasteiger partial charge in [-0.1, -0.05) is 31.4 Å². The van der Waals surface area contributed by atoms with Crippen molar-refractivity contribution < 1.29 is 22.7 Å². The largest absolute Gasteiger partial charge is 0.495 e. The highest BCUT2D eigenvalue weighted by Crippen LogP contribution is 2.25. The molecule has 0 spiro atoms. The number of carbonyl (C=O) groups is 1. The van der Waals surface area contributed by atoms with Gasteiger partial charge >= 0.3 is 0 Å². The first-order chi connectivity index (χ1) is 14.4. The van der Waals surface area contributed by atoms with Crippen molar-refractivity contribution in [2.24, 2.45) is 0 Å². The van der Waals surface area contributed by atoms with Crippen LogP contribution in [-0.4, -0.2) is 34.1 Å². The third kappa shape index (κ3) is 5.73. The van der Waals surface area contributed by atoms with Crippen LogP contribution >= 0.6 is 0 Å². The van der Waals surface area contributed by atoms with E-state index in [2.05, 4.69) is 10.0 Å². The van der Waals surface area contributed by atoms with Crippen molar-refractivity contribution in [1.82, 2.24) is 4.72 Å². The number of rotatable bonds is 8. The molecule has 0 atom stereocenters. The fourth-order valence-electron chi connectivity index (χ4n) is 3.54. The summed E-state index contributed by atoms with van der Waals surface area (Å²) in [6, 6.07) is 11.8. The molecule has 1 aliphatic carbocycles. The highest BCUT2D eigenvalue weighted by molar-refractivity contribution is 7.89. The normalized spacial score (nSPS) is 14.9. The van der Waals surface area contributed by atoms with Crippen molar-refractivity contribution in [2.45, 2.75) is 50.0 Å². The lowest BCUT2D eigenvalue weighted by molar-refractivity contribution is -0.118. The van der Waals surface area contributed by atoms with E-state index in [1.165, 1.54) is 13.2 Å². The molecule has 162 valence electrons. The summed E-state index contributed by atoms with van der Waals surface area (Å²) >= 11 is 0. The number of hydrogen-bond acceptors (Lipinski definition) is 5. The summed E-state index contributed by atoms with van der Waals surface area (Å²) in [7, 11) is -2.05. The van der Waals surface area contributed by atoms with Gasteiger partial charge < -0.3 is 14.8 Å². The van der Waals surface area contributed by atoms with Crippen LogP contribution in [0.15, 0.2) is 47.4 Å². The molecule has 2 aromatic rings. The molecular weight excluding hydrogens is 404 g/mol. The number of carbonyl (C=O) groups excluding carboxylic acids is 1. The highest BCUT2D eigenvalue weighted by Gasteiger charge is 2.22. The van der Waals surface area contributed by atoms with Gasteiger partial charge in [0.2, 0.25) is 10.0 Å². The van der Waals surface area contributed by atoms with Gasteiger partial charge in [0.15, 0.2) is 6.61 Å². The summed E-state index contributed by atoms with van der Waals surface area (Å²) in [5.74, 6) is 0.679. The van der Waals surface area contributed by atoms with Crippen LogP contribution in [0, 0.1) is 6.92 Å². The van der Waals surface area contributed by atoms with Gasteiger partial charge in [0, 0.05) is 6.04 Å². The van der Waals surface area contributed by atoms with E-state index in [1.54, 1.807) is 37.3 Å². The highest BCUT2D eigenvalue weighted by atomic mass is 32.2. The van der Waals surface area contributed by atoms with E-state index in [0.29, 0.717) is 22.7 Å². The minimum atomic E-state index is -3.58. The number of benzene rings is 2. The van der Waals surface area contributed by atoms with E-state index < -0.39 is 10.0 Å². The van der Waals surface area contributed by atoms with E-state index in [0.717, 1.165) is 32.1 Å². The van der Waals surface area contributed by atoms with Gasteiger partial charge in [-0.2, -0.15) is 0 Å². The number of anilines is 1. The van der Waals surface area contributed by atoms with Gasteiger partial charge in [0.1, 0.15) is 11.5 Å². The minimum Gasteiger partial charge on any atom is -0.495 e. The fourth-order valence-corrected chi connectivity index (χ4v) is 4.93. The first kappa shape index (κ1) is 22.1. The monoisotopic (exact) mass is 432 g/mol. The average molecular weight is 433 g/mol. The minimum absolute atomic E-state index is 0.00124. The SMILES string of the molecule is COc1ccccc1NC(=O)COc1ccc(S(=O)(=O)NC2CCCCC2)cc1C. The lowest BCUT2D eigenvalue weighted by Gasteiger charge is -2.22. The number of ether oxygens (including phenoxy) is 2. The molecule has 1 amide bonds. The molecule has 0 aromatic heterocycles. The molecule has 3 rings (SSSR count). The molecule has 1 fully saturated rings. The van der Waals surface area contributed by atoms with Gasteiger partial charge in [0.25, 0.3) is 5.91 Å². The van der Waals surface area contributed by atoms with Crippen molar-refractivity contribution in [1.29, 1.82) is 0 Å². The summed E-state index contributed by atoms with van der Waals surface area (Å²) in [5.41, 5.74) is 1.20. The number of amides is 1. The van der Waals surface area contributed by atoms with E-state index in [-0.39, 0.29) is 23.5 Å². The summed E-state index contributed by atoms with van der Waals surface area (Å²) in [4.78, 5) is 12.4. The lowest BCUT2D eigenvalue weighted by atomic mass is 9.96. The van der Waals surface area contributed by atoms with Gasteiger partial charge in [-0.15, -0.1) is 0 Å². The average Bonchev–Trinajstić information content (AvgIpc) is 2.73. The molecule has 0 radical (unpaired) electrons. The molecule has 1 saturated carbocycles. The van der Waals surface area contributed by atoms with E-state index >= 15 is 0 Å². The molecule has 0 bridgehead atoms.